The van der Waals surface area contributed by atoms with E-state index in [-0.39, 0.29) is 6.04 Å². The normalized spacial score (nSPS) is 13.0. The lowest BCUT2D eigenvalue weighted by atomic mass is 10.1. The molecule has 2 atom stereocenters. The van der Waals surface area contributed by atoms with E-state index < -0.39 is 6.10 Å². The van der Waals surface area contributed by atoms with Crippen molar-refractivity contribution in [3.8, 4) is 11.5 Å². The number of hydrogen-bond donors (Lipinski definition) is 1. The van der Waals surface area contributed by atoms with Crippen molar-refractivity contribution in [1.82, 2.24) is 9.66 Å². The van der Waals surface area contributed by atoms with Gasteiger partial charge in [0.05, 0.1) is 30.8 Å². The molecular formula is C27H31N3O3. The summed E-state index contributed by atoms with van der Waals surface area (Å²) in [7, 11) is 1.62. The minimum atomic E-state index is -0.711. The molecule has 0 bridgehead atoms. The lowest BCUT2D eigenvalue weighted by Gasteiger charge is -2.33. The van der Waals surface area contributed by atoms with Crippen LogP contribution in [0.5, 0.6) is 11.5 Å². The molecule has 0 aliphatic heterocycles. The Morgan fingerprint density at radius 2 is 1.76 bits per heavy atom. The maximum Gasteiger partial charge on any atom is 0.161 e. The van der Waals surface area contributed by atoms with Gasteiger partial charge in [0.2, 0.25) is 0 Å². The van der Waals surface area contributed by atoms with Crippen LogP contribution < -0.4 is 14.5 Å². The topological polar surface area (TPSA) is 59.8 Å². The van der Waals surface area contributed by atoms with Crippen LogP contribution in [0.1, 0.15) is 37.5 Å². The largest absolute Gasteiger partial charge is 0.493 e. The van der Waals surface area contributed by atoms with Gasteiger partial charge in [0.15, 0.2) is 11.5 Å². The zero-order valence-corrected chi connectivity index (χ0v) is 19.4. The Labute approximate surface area is 195 Å². The summed E-state index contributed by atoms with van der Waals surface area (Å²) >= 11 is 0. The van der Waals surface area contributed by atoms with E-state index in [4.69, 9.17) is 9.47 Å². The summed E-state index contributed by atoms with van der Waals surface area (Å²) in [5.74, 6) is 1.25. The molecule has 33 heavy (non-hydrogen) atoms. The SMILES string of the molecule is CCC(C)N(CC(O)c1ccc(OCc2ccccc2)c(OC)c1)n1cnc2ccccc21. The van der Waals surface area contributed by atoms with Crippen molar-refractivity contribution in [1.29, 1.82) is 0 Å². The highest BCUT2D eigenvalue weighted by Gasteiger charge is 2.21. The van der Waals surface area contributed by atoms with Crippen LogP contribution in [0.25, 0.3) is 11.0 Å². The molecule has 2 unspecified atom stereocenters. The van der Waals surface area contributed by atoms with E-state index >= 15 is 0 Å². The van der Waals surface area contributed by atoms with Crippen molar-refractivity contribution >= 4 is 11.0 Å². The van der Waals surface area contributed by atoms with Gasteiger partial charge < -0.3 is 19.6 Å². The van der Waals surface area contributed by atoms with E-state index in [1.54, 1.807) is 7.11 Å². The molecule has 0 aliphatic carbocycles. The van der Waals surface area contributed by atoms with Crippen molar-refractivity contribution < 1.29 is 14.6 Å². The summed E-state index contributed by atoms with van der Waals surface area (Å²) < 4.78 is 13.6. The van der Waals surface area contributed by atoms with E-state index in [2.05, 4.69) is 23.8 Å². The van der Waals surface area contributed by atoms with E-state index in [1.165, 1.54) is 0 Å². The maximum absolute atomic E-state index is 11.2. The maximum atomic E-state index is 11.2. The number of fused-ring (bicyclic) bond motifs is 1. The molecule has 3 aromatic carbocycles. The molecule has 1 heterocycles. The lowest BCUT2D eigenvalue weighted by molar-refractivity contribution is 0.171. The number of hydrogen-bond acceptors (Lipinski definition) is 5. The number of ether oxygens (including phenoxy) is 2. The zero-order chi connectivity index (χ0) is 23.2. The average molecular weight is 446 g/mol. The first kappa shape index (κ1) is 22.7. The quantitative estimate of drug-likeness (QED) is 0.368. The number of aliphatic hydroxyl groups is 1. The summed E-state index contributed by atoms with van der Waals surface area (Å²) in [5, 5.41) is 13.3. The van der Waals surface area contributed by atoms with Crippen LogP contribution in [0, 0.1) is 0 Å². The van der Waals surface area contributed by atoms with Gasteiger partial charge in [-0.1, -0.05) is 55.5 Å². The highest BCUT2D eigenvalue weighted by atomic mass is 16.5. The van der Waals surface area contributed by atoms with Crippen LogP contribution >= 0.6 is 0 Å². The fraction of sp³-hybridized carbons (Fsp3) is 0.296. The van der Waals surface area contributed by atoms with Gasteiger partial charge in [-0.25, -0.2) is 9.66 Å². The molecule has 0 saturated heterocycles. The van der Waals surface area contributed by atoms with Gasteiger partial charge in [0.25, 0.3) is 0 Å². The smallest absolute Gasteiger partial charge is 0.161 e. The molecule has 0 saturated carbocycles. The Balaban J connectivity index is 1.53. The second-order valence-corrected chi connectivity index (χ2v) is 8.16. The Kier molecular flexibility index (Phi) is 7.15. The monoisotopic (exact) mass is 445 g/mol. The lowest BCUT2D eigenvalue weighted by Crippen LogP contribution is -2.44. The number of methoxy groups -OCH3 is 1. The van der Waals surface area contributed by atoms with Crippen molar-refractivity contribution in [2.24, 2.45) is 0 Å². The van der Waals surface area contributed by atoms with Gasteiger partial charge in [0.1, 0.15) is 12.9 Å². The van der Waals surface area contributed by atoms with Gasteiger partial charge >= 0.3 is 0 Å². The minimum absolute atomic E-state index is 0.215. The second-order valence-electron chi connectivity index (χ2n) is 8.16. The number of benzene rings is 3. The molecule has 0 fully saturated rings. The summed E-state index contributed by atoms with van der Waals surface area (Å²) in [6.45, 7) is 5.17. The summed E-state index contributed by atoms with van der Waals surface area (Å²) in [6.07, 6.45) is 2.05. The van der Waals surface area contributed by atoms with E-state index in [1.807, 2.05) is 83.8 Å². The van der Waals surface area contributed by atoms with Crippen LogP contribution in [0.2, 0.25) is 0 Å². The summed E-state index contributed by atoms with van der Waals surface area (Å²) in [5.41, 5.74) is 3.81. The Morgan fingerprint density at radius 1 is 1.00 bits per heavy atom. The number of rotatable bonds is 10. The highest BCUT2D eigenvalue weighted by Crippen LogP contribution is 2.31. The van der Waals surface area contributed by atoms with Crippen molar-refractivity contribution in [3.05, 3.63) is 90.3 Å². The number of nitrogens with zero attached hydrogens (tertiary/aromatic N) is 3. The fourth-order valence-corrected chi connectivity index (χ4v) is 3.87. The molecule has 172 valence electrons. The molecule has 6 nitrogen and oxygen atoms in total. The number of aliphatic hydroxyl groups excluding tert-OH is 1. The molecule has 4 rings (SSSR count). The van der Waals surface area contributed by atoms with Crippen LogP contribution in [0.4, 0.5) is 0 Å². The molecule has 0 spiro atoms. The first-order chi connectivity index (χ1) is 16.1. The van der Waals surface area contributed by atoms with Crippen LogP contribution in [-0.4, -0.2) is 34.5 Å². The number of aromatic nitrogens is 2. The predicted octanol–water partition coefficient (Wildman–Crippen LogP) is 5.09. The summed E-state index contributed by atoms with van der Waals surface area (Å²) in [4.78, 5) is 4.52. The fourth-order valence-electron chi connectivity index (χ4n) is 3.87. The predicted molar refractivity (Wildman–Crippen MR) is 131 cm³/mol. The van der Waals surface area contributed by atoms with E-state index in [0.717, 1.165) is 28.6 Å². The van der Waals surface area contributed by atoms with Crippen molar-refractivity contribution in [3.63, 3.8) is 0 Å². The standard InChI is InChI=1S/C27H31N3O3/c1-4-20(2)29(30-19-28-23-12-8-9-13-24(23)30)17-25(31)22-14-15-26(27(16-22)32-3)33-18-21-10-6-5-7-11-21/h5-16,19-20,25,31H,4,17-18H2,1-3H3. The molecule has 4 aromatic rings. The molecular weight excluding hydrogens is 414 g/mol. The molecule has 1 aromatic heterocycles. The van der Waals surface area contributed by atoms with Crippen LogP contribution in [-0.2, 0) is 6.61 Å². The Hall–Kier alpha value is -3.51. The highest BCUT2D eigenvalue weighted by molar-refractivity contribution is 5.75. The average Bonchev–Trinajstić information content (AvgIpc) is 3.29. The third kappa shape index (κ3) is 5.12. The zero-order valence-electron chi connectivity index (χ0n) is 19.4. The molecule has 0 radical (unpaired) electrons. The third-order valence-electron chi connectivity index (χ3n) is 5.98. The van der Waals surface area contributed by atoms with Gasteiger partial charge in [-0.3, -0.25) is 0 Å². The van der Waals surface area contributed by atoms with Crippen molar-refractivity contribution in [2.75, 3.05) is 18.7 Å². The third-order valence-corrected chi connectivity index (χ3v) is 5.98. The summed E-state index contributed by atoms with van der Waals surface area (Å²) in [6, 6.07) is 23.9. The first-order valence-electron chi connectivity index (χ1n) is 11.3. The molecule has 1 N–H and O–H groups in total. The Morgan fingerprint density at radius 3 is 2.52 bits per heavy atom. The molecule has 6 heteroatoms. The number of para-hydroxylation sites is 2. The Bertz CT molecular complexity index is 1180. The van der Waals surface area contributed by atoms with Gasteiger partial charge in [-0.05, 0) is 48.7 Å². The van der Waals surface area contributed by atoms with Gasteiger partial charge in [-0.2, -0.15) is 0 Å². The minimum Gasteiger partial charge on any atom is -0.493 e. The van der Waals surface area contributed by atoms with E-state index in [0.29, 0.717) is 24.7 Å². The molecule has 0 amide bonds. The number of imidazole rings is 1. The second kappa shape index (κ2) is 10.4. The molecule has 0 aliphatic rings. The van der Waals surface area contributed by atoms with Gasteiger partial charge in [-0.15, -0.1) is 0 Å². The van der Waals surface area contributed by atoms with Crippen LogP contribution in [0.15, 0.2) is 79.1 Å². The van der Waals surface area contributed by atoms with Gasteiger partial charge in [0, 0.05) is 6.04 Å². The van der Waals surface area contributed by atoms with E-state index in [9.17, 15) is 5.11 Å². The van der Waals surface area contributed by atoms with Crippen molar-refractivity contribution in [2.45, 2.75) is 39.0 Å². The van der Waals surface area contributed by atoms with Crippen LogP contribution in [0.3, 0.4) is 0 Å². The first-order valence-corrected chi connectivity index (χ1v) is 11.3.